The van der Waals surface area contributed by atoms with E-state index in [1.165, 1.54) is 0 Å². The van der Waals surface area contributed by atoms with Crippen LogP contribution >= 0.6 is 11.6 Å². The number of ether oxygens (including phenoxy) is 2. The van der Waals surface area contributed by atoms with Gasteiger partial charge in [0.25, 0.3) is 5.56 Å². The lowest BCUT2D eigenvalue weighted by molar-refractivity contribution is 0.171. The maximum atomic E-state index is 12.8. The molecular formula is C18H19ClN4O3. The molecule has 0 bridgehead atoms. The summed E-state index contributed by atoms with van der Waals surface area (Å²) < 4.78 is 14.4. The van der Waals surface area contributed by atoms with Gasteiger partial charge in [-0.25, -0.2) is 9.67 Å². The quantitative estimate of drug-likeness (QED) is 0.689. The van der Waals surface area contributed by atoms with Crippen molar-refractivity contribution in [1.82, 2.24) is 19.3 Å². The van der Waals surface area contributed by atoms with Gasteiger partial charge in [-0.2, -0.15) is 5.10 Å². The highest BCUT2D eigenvalue weighted by Gasteiger charge is 2.20. The first-order valence-electron chi connectivity index (χ1n) is 8.36. The fourth-order valence-electron chi connectivity index (χ4n) is 3.00. The zero-order valence-electron chi connectivity index (χ0n) is 14.8. The zero-order chi connectivity index (χ0) is 18.5. The van der Waals surface area contributed by atoms with Gasteiger partial charge in [0.2, 0.25) is 0 Å². The fourth-order valence-corrected chi connectivity index (χ4v) is 3.29. The van der Waals surface area contributed by atoms with E-state index in [2.05, 4.69) is 10.1 Å². The van der Waals surface area contributed by atoms with Crippen molar-refractivity contribution < 1.29 is 9.47 Å². The van der Waals surface area contributed by atoms with Crippen LogP contribution in [-0.2, 0) is 12.1 Å². The SMILES string of the molecule is CC(C)(C)n1ncc2c(=O)n(Cc3cc(Cl)c4c(c3)OCCO4)cnc21. The number of benzene rings is 1. The highest BCUT2D eigenvalue weighted by atomic mass is 35.5. The number of nitrogens with zero attached hydrogens (tertiary/aromatic N) is 4. The summed E-state index contributed by atoms with van der Waals surface area (Å²) in [6, 6.07) is 3.62. The van der Waals surface area contributed by atoms with Gasteiger partial charge in [0.15, 0.2) is 17.1 Å². The second-order valence-corrected chi connectivity index (χ2v) is 7.65. The van der Waals surface area contributed by atoms with Gasteiger partial charge >= 0.3 is 0 Å². The van der Waals surface area contributed by atoms with Gasteiger partial charge in [-0.15, -0.1) is 0 Å². The van der Waals surface area contributed by atoms with Crippen LogP contribution in [0.25, 0.3) is 11.0 Å². The fraction of sp³-hybridized carbons (Fsp3) is 0.389. The molecule has 8 heteroatoms. The summed E-state index contributed by atoms with van der Waals surface area (Å²) in [5.74, 6) is 1.15. The Morgan fingerprint density at radius 3 is 2.77 bits per heavy atom. The van der Waals surface area contributed by atoms with Gasteiger partial charge < -0.3 is 9.47 Å². The van der Waals surface area contributed by atoms with Crippen LogP contribution in [-0.4, -0.2) is 32.5 Å². The Hall–Kier alpha value is -2.54. The van der Waals surface area contributed by atoms with E-state index in [0.717, 1.165) is 5.56 Å². The van der Waals surface area contributed by atoms with E-state index in [-0.39, 0.29) is 11.1 Å². The smallest absolute Gasteiger partial charge is 0.264 e. The molecule has 0 N–H and O–H groups in total. The molecule has 26 heavy (non-hydrogen) atoms. The lowest BCUT2D eigenvalue weighted by Gasteiger charge is -2.20. The van der Waals surface area contributed by atoms with E-state index in [0.29, 0.717) is 47.3 Å². The van der Waals surface area contributed by atoms with E-state index >= 15 is 0 Å². The maximum Gasteiger partial charge on any atom is 0.264 e. The molecule has 136 valence electrons. The molecule has 0 unspecified atom stereocenters. The zero-order valence-corrected chi connectivity index (χ0v) is 15.6. The van der Waals surface area contributed by atoms with Crippen molar-refractivity contribution in [1.29, 1.82) is 0 Å². The average molecular weight is 375 g/mol. The number of hydrogen-bond acceptors (Lipinski definition) is 5. The highest BCUT2D eigenvalue weighted by molar-refractivity contribution is 6.32. The molecule has 0 radical (unpaired) electrons. The molecular weight excluding hydrogens is 356 g/mol. The molecule has 2 aromatic heterocycles. The number of fused-ring (bicyclic) bond motifs is 2. The number of hydrogen-bond donors (Lipinski definition) is 0. The Labute approximate surface area is 155 Å². The van der Waals surface area contributed by atoms with Crippen LogP contribution < -0.4 is 15.0 Å². The van der Waals surface area contributed by atoms with Crippen molar-refractivity contribution in [3.8, 4) is 11.5 Å². The van der Waals surface area contributed by atoms with E-state index in [1.807, 2.05) is 26.8 Å². The first-order chi connectivity index (χ1) is 12.3. The molecule has 3 heterocycles. The predicted octanol–water partition coefficient (Wildman–Crippen LogP) is 2.82. The van der Waals surface area contributed by atoms with Crippen molar-refractivity contribution in [2.75, 3.05) is 13.2 Å². The number of aromatic nitrogens is 4. The van der Waals surface area contributed by atoms with Crippen LogP contribution in [0, 0.1) is 0 Å². The second kappa shape index (κ2) is 6.02. The van der Waals surface area contributed by atoms with Crippen LogP contribution in [0.4, 0.5) is 0 Å². The van der Waals surface area contributed by atoms with Gasteiger partial charge in [0.05, 0.1) is 23.3 Å². The molecule has 0 atom stereocenters. The van der Waals surface area contributed by atoms with Crippen LogP contribution in [0.5, 0.6) is 11.5 Å². The molecule has 3 aromatic rings. The lowest BCUT2D eigenvalue weighted by Crippen LogP contribution is -2.25. The first kappa shape index (κ1) is 16.9. The van der Waals surface area contributed by atoms with Crippen molar-refractivity contribution >= 4 is 22.6 Å². The average Bonchev–Trinajstić information content (AvgIpc) is 3.03. The Morgan fingerprint density at radius 2 is 2.00 bits per heavy atom. The molecule has 0 amide bonds. The molecule has 0 saturated heterocycles. The van der Waals surface area contributed by atoms with E-state index in [4.69, 9.17) is 21.1 Å². The molecule has 7 nitrogen and oxygen atoms in total. The number of rotatable bonds is 2. The topological polar surface area (TPSA) is 71.2 Å². The highest BCUT2D eigenvalue weighted by Crippen LogP contribution is 2.38. The third-order valence-corrected chi connectivity index (χ3v) is 4.48. The summed E-state index contributed by atoms with van der Waals surface area (Å²) in [6.45, 7) is 7.34. The van der Waals surface area contributed by atoms with Crippen molar-refractivity contribution in [3.63, 3.8) is 0 Å². The van der Waals surface area contributed by atoms with Crippen LogP contribution in [0.3, 0.4) is 0 Å². The minimum atomic E-state index is -0.253. The van der Waals surface area contributed by atoms with Gasteiger partial charge in [-0.1, -0.05) is 11.6 Å². The summed E-state index contributed by atoms with van der Waals surface area (Å²) in [6.07, 6.45) is 3.11. The van der Waals surface area contributed by atoms with E-state index < -0.39 is 0 Å². The Bertz CT molecular complexity index is 1050. The van der Waals surface area contributed by atoms with Crippen molar-refractivity contribution in [2.45, 2.75) is 32.9 Å². The third-order valence-electron chi connectivity index (χ3n) is 4.20. The Kier molecular flexibility index (Phi) is 3.91. The molecule has 0 aliphatic carbocycles. The van der Waals surface area contributed by atoms with E-state index in [1.54, 1.807) is 27.8 Å². The summed E-state index contributed by atoms with van der Waals surface area (Å²) in [5.41, 5.74) is 1.03. The minimum Gasteiger partial charge on any atom is -0.486 e. The summed E-state index contributed by atoms with van der Waals surface area (Å²) in [4.78, 5) is 17.3. The third kappa shape index (κ3) is 2.82. The minimum absolute atomic E-state index is 0.142. The molecule has 1 aliphatic heterocycles. The van der Waals surface area contributed by atoms with Crippen molar-refractivity contribution in [2.24, 2.45) is 0 Å². The summed E-state index contributed by atoms with van der Waals surface area (Å²) >= 11 is 6.28. The van der Waals surface area contributed by atoms with E-state index in [9.17, 15) is 4.79 Å². The van der Waals surface area contributed by atoms with Crippen LogP contribution in [0.1, 0.15) is 26.3 Å². The molecule has 1 aromatic carbocycles. The molecule has 1 aliphatic rings. The molecule has 0 saturated carbocycles. The number of halogens is 1. The lowest BCUT2D eigenvalue weighted by atomic mass is 10.1. The predicted molar refractivity (Wildman–Crippen MR) is 98.3 cm³/mol. The Balaban J connectivity index is 1.73. The summed E-state index contributed by atoms with van der Waals surface area (Å²) in [7, 11) is 0. The van der Waals surface area contributed by atoms with Crippen molar-refractivity contribution in [3.05, 3.63) is 45.6 Å². The van der Waals surface area contributed by atoms with Gasteiger partial charge in [0.1, 0.15) is 24.9 Å². The standard InChI is InChI=1S/C18H19ClN4O3/c1-18(2,3)23-16-12(8-21-23)17(24)22(10-20-16)9-11-6-13(19)15-14(7-11)25-4-5-26-15/h6-8,10H,4-5,9H2,1-3H3. The normalized spacial score (nSPS) is 14.0. The first-order valence-corrected chi connectivity index (χ1v) is 8.74. The largest absolute Gasteiger partial charge is 0.486 e. The molecule has 0 fully saturated rings. The van der Waals surface area contributed by atoms with Gasteiger partial charge in [-0.3, -0.25) is 9.36 Å². The molecule has 4 rings (SSSR count). The molecule has 0 spiro atoms. The Morgan fingerprint density at radius 1 is 1.23 bits per heavy atom. The monoisotopic (exact) mass is 374 g/mol. The van der Waals surface area contributed by atoms with Crippen LogP contribution in [0.15, 0.2) is 29.5 Å². The van der Waals surface area contributed by atoms with Gasteiger partial charge in [-0.05, 0) is 38.5 Å². The van der Waals surface area contributed by atoms with Gasteiger partial charge in [0, 0.05) is 0 Å². The second-order valence-electron chi connectivity index (χ2n) is 7.24. The summed E-state index contributed by atoms with van der Waals surface area (Å²) in [5, 5.41) is 5.29. The maximum absolute atomic E-state index is 12.8. The van der Waals surface area contributed by atoms with Crippen LogP contribution in [0.2, 0.25) is 5.02 Å².